The Morgan fingerprint density at radius 2 is 2.25 bits per heavy atom. The smallest absolute Gasteiger partial charge is 0.227 e. The third-order valence-corrected chi connectivity index (χ3v) is 3.04. The van der Waals surface area contributed by atoms with Crippen LogP contribution < -0.4 is 11.1 Å². The number of halogens is 1. The van der Waals surface area contributed by atoms with Crippen LogP contribution in [0.15, 0.2) is 22.7 Å². The fourth-order valence-electron chi connectivity index (χ4n) is 1.57. The van der Waals surface area contributed by atoms with Gasteiger partial charge in [-0.1, -0.05) is 22.0 Å². The van der Waals surface area contributed by atoms with E-state index >= 15 is 0 Å². The van der Waals surface area contributed by atoms with Crippen LogP contribution in [0.25, 0.3) is 0 Å². The molecule has 4 heteroatoms. The average Bonchev–Trinajstić information content (AvgIpc) is 2.28. The fraction of sp³-hybridized carbons (Fsp3) is 0.417. The largest absolute Gasteiger partial charge is 0.354 e. The zero-order chi connectivity index (χ0) is 12.1. The monoisotopic (exact) mass is 284 g/mol. The van der Waals surface area contributed by atoms with E-state index in [2.05, 4.69) is 21.2 Å². The van der Waals surface area contributed by atoms with Crippen LogP contribution in [0, 0.1) is 6.92 Å². The molecule has 88 valence electrons. The second-order valence-corrected chi connectivity index (χ2v) is 4.72. The SMILES string of the molecule is Cc1ccc(Br)cc1C(C)C(=O)NCCN. The van der Waals surface area contributed by atoms with Gasteiger partial charge in [0.15, 0.2) is 0 Å². The molecule has 1 aromatic rings. The molecule has 1 atom stereocenters. The molecule has 0 radical (unpaired) electrons. The molecule has 1 amide bonds. The molecule has 0 aromatic heterocycles. The Kier molecular flexibility index (Phi) is 4.96. The van der Waals surface area contributed by atoms with Crippen molar-refractivity contribution in [3.05, 3.63) is 33.8 Å². The summed E-state index contributed by atoms with van der Waals surface area (Å²) in [4.78, 5) is 11.8. The van der Waals surface area contributed by atoms with Crippen molar-refractivity contribution in [2.75, 3.05) is 13.1 Å². The van der Waals surface area contributed by atoms with E-state index in [0.717, 1.165) is 15.6 Å². The summed E-state index contributed by atoms with van der Waals surface area (Å²) in [7, 11) is 0. The van der Waals surface area contributed by atoms with Crippen molar-refractivity contribution in [3.63, 3.8) is 0 Å². The average molecular weight is 285 g/mol. The van der Waals surface area contributed by atoms with E-state index < -0.39 is 0 Å². The van der Waals surface area contributed by atoms with E-state index in [1.54, 1.807) is 0 Å². The van der Waals surface area contributed by atoms with Crippen molar-refractivity contribution in [2.45, 2.75) is 19.8 Å². The number of rotatable bonds is 4. The summed E-state index contributed by atoms with van der Waals surface area (Å²) in [6.07, 6.45) is 0. The van der Waals surface area contributed by atoms with Crippen molar-refractivity contribution in [1.82, 2.24) is 5.32 Å². The summed E-state index contributed by atoms with van der Waals surface area (Å²) < 4.78 is 0.992. The van der Waals surface area contributed by atoms with Crippen LogP contribution in [-0.4, -0.2) is 19.0 Å². The van der Waals surface area contributed by atoms with E-state index in [0.29, 0.717) is 13.1 Å². The molecule has 0 spiro atoms. The normalized spacial score (nSPS) is 12.2. The number of carbonyl (C=O) groups excluding carboxylic acids is 1. The minimum absolute atomic E-state index is 0.0200. The van der Waals surface area contributed by atoms with E-state index in [1.807, 2.05) is 32.0 Å². The van der Waals surface area contributed by atoms with Gasteiger partial charge in [0.05, 0.1) is 5.92 Å². The van der Waals surface area contributed by atoms with Crippen LogP contribution in [0.5, 0.6) is 0 Å². The van der Waals surface area contributed by atoms with Gasteiger partial charge >= 0.3 is 0 Å². The predicted molar refractivity (Wildman–Crippen MR) is 69.4 cm³/mol. The molecule has 0 saturated carbocycles. The molecule has 1 aromatic carbocycles. The zero-order valence-corrected chi connectivity index (χ0v) is 11.2. The van der Waals surface area contributed by atoms with Gasteiger partial charge in [0, 0.05) is 17.6 Å². The maximum absolute atomic E-state index is 11.8. The van der Waals surface area contributed by atoms with E-state index in [1.165, 1.54) is 0 Å². The van der Waals surface area contributed by atoms with Gasteiger partial charge in [0.2, 0.25) is 5.91 Å². The first-order valence-electron chi connectivity index (χ1n) is 5.30. The van der Waals surface area contributed by atoms with Crippen LogP contribution >= 0.6 is 15.9 Å². The molecule has 3 nitrogen and oxygen atoms in total. The van der Waals surface area contributed by atoms with Crippen LogP contribution in [0.1, 0.15) is 24.0 Å². The van der Waals surface area contributed by atoms with Crippen molar-refractivity contribution >= 4 is 21.8 Å². The van der Waals surface area contributed by atoms with Crippen molar-refractivity contribution < 1.29 is 4.79 Å². The summed E-state index contributed by atoms with van der Waals surface area (Å²) in [5, 5.41) is 2.80. The Hall–Kier alpha value is -0.870. The lowest BCUT2D eigenvalue weighted by molar-refractivity contribution is -0.122. The topological polar surface area (TPSA) is 55.1 Å². The summed E-state index contributed by atoms with van der Waals surface area (Å²) in [6, 6.07) is 5.97. The van der Waals surface area contributed by atoms with Gasteiger partial charge in [-0.15, -0.1) is 0 Å². The molecule has 1 unspecified atom stereocenters. The maximum atomic E-state index is 11.8. The second-order valence-electron chi connectivity index (χ2n) is 3.80. The number of benzene rings is 1. The second kappa shape index (κ2) is 6.01. The highest BCUT2D eigenvalue weighted by Gasteiger charge is 2.16. The standard InChI is InChI=1S/C12H17BrN2O/c1-8-3-4-10(13)7-11(8)9(2)12(16)15-6-5-14/h3-4,7,9H,5-6,14H2,1-2H3,(H,15,16). The highest BCUT2D eigenvalue weighted by Crippen LogP contribution is 2.23. The first-order chi connectivity index (χ1) is 7.56. The minimum Gasteiger partial charge on any atom is -0.354 e. The third-order valence-electron chi connectivity index (χ3n) is 2.54. The van der Waals surface area contributed by atoms with Crippen molar-refractivity contribution in [2.24, 2.45) is 5.73 Å². The quantitative estimate of drug-likeness (QED) is 0.888. The maximum Gasteiger partial charge on any atom is 0.227 e. The summed E-state index contributed by atoms with van der Waals surface area (Å²) in [5.41, 5.74) is 7.52. The summed E-state index contributed by atoms with van der Waals surface area (Å²) in [5.74, 6) is -0.129. The number of nitrogens with one attached hydrogen (secondary N) is 1. The molecule has 0 aliphatic heterocycles. The molecule has 0 heterocycles. The summed E-state index contributed by atoms with van der Waals surface area (Å²) in [6.45, 7) is 4.90. The molecule has 0 aliphatic carbocycles. The number of hydrogen-bond acceptors (Lipinski definition) is 2. The number of aryl methyl sites for hydroxylation is 1. The molecule has 0 bridgehead atoms. The van der Waals surface area contributed by atoms with E-state index in [4.69, 9.17) is 5.73 Å². The van der Waals surface area contributed by atoms with Gasteiger partial charge in [-0.25, -0.2) is 0 Å². The highest BCUT2D eigenvalue weighted by atomic mass is 79.9. The van der Waals surface area contributed by atoms with Gasteiger partial charge in [0.1, 0.15) is 0 Å². The van der Waals surface area contributed by atoms with Gasteiger partial charge in [-0.3, -0.25) is 4.79 Å². The Morgan fingerprint density at radius 1 is 1.56 bits per heavy atom. The van der Waals surface area contributed by atoms with Crippen molar-refractivity contribution in [1.29, 1.82) is 0 Å². The Bertz CT molecular complexity index is 379. The Labute approximate surface area is 105 Å². The lowest BCUT2D eigenvalue weighted by atomic mass is 9.96. The zero-order valence-electron chi connectivity index (χ0n) is 9.59. The van der Waals surface area contributed by atoms with Gasteiger partial charge in [-0.05, 0) is 37.1 Å². The van der Waals surface area contributed by atoms with Crippen LogP contribution in [-0.2, 0) is 4.79 Å². The number of hydrogen-bond donors (Lipinski definition) is 2. The molecule has 3 N–H and O–H groups in total. The third kappa shape index (κ3) is 3.32. The van der Waals surface area contributed by atoms with Gasteiger partial charge in [0.25, 0.3) is 0 Å². The number of carbonyl (C=O) groups is 1. The fourth-order valence-corrected chi connectivity index (χ4v) is 1.95. The molecule has 0 saturated heterocycles. The van der Waals surface area contributed by atoms with Crippen LogP contribution in [0.3, 0.4) is 0 Å². The van der Waals surface area contributed by atoms with Crippen molar-refractivity contribution in [3.8, 4) is 0 Å². The van der Waals surface area contributed by atoms with E-state index in [-0.39, 0.29) is 11.8 Å². The molecular weight excluding hydrogens is 268 g/mol. The minimum atomic E-state index is -0.149. The number of amides is 1. The summed E-state index contributed by atoms with van der Waals surface area (Å²) >= 11 is 3.41. The molecule has 0 fully saturated rings. The molecular formula is C12H17BrN2O. The predicted octanol–water partition coefficient (Wildman–Crippen LogP) is 1.94. The van der Waals surface area contributed by atoms with Gasteiger partial charge < -0.3 is 11.1 Å². The van der Waals surface area contributed by atoms with Crippen LogP contribution in [0.4, 0.5) is 0 Å². The molecule has 16 heavy (non-hydrogen) atoms. The van der Waals surface area contributed by atoms with Gasteiger partial charge in [-0.2, -0.15) is 0 Å². The van der Waals surface area contributed by atoms with Crippen LogP contribution in [0.2, 0.25) is 0 Å². The lowest BCUT2D eigenvalue weighted by Crippen LogP contribution is -2.32. The first-order valence-corrected chi connectivity index (χ1v) is 6.09. The van der Waals surface area contributed by atoms with E-state index in [9.17, 15) is 4.79 Å². The molecule has 0 aliphatic rings. The first kappa shape index (κ1) is 13.2. The Morgan fingerprint density at radius 3 is 2.88 bits per heavy atom. The molecule has 1 rings (SSSR count). The highest BCUT2D eigenvalue weighted by molar-refractivity contribution is 9.10. The number of nitrogens with two attached hydrogens (primary N) is 1. The lowest BCUT2D eigenvalue weighted by Gasteiger charge is -2.14. The Balaban J connectivity index is 2.82.